The van der Waals surface area contributed by atoms with E-state index in [0.29, 0.717) is 23.5 Å². The zero-order valence-corrected chi connectivity index (χ0v) is 11.9. The van der Waals surface area contributed by atoms with Crippen LogP contribution < -0.4 is 10.6 Å². The van der Waals surface area contributed by atoms with Crippen LogP contribution in [-0.2, 0) is 0 Å². The smallest absolute Gasteiger partial charge is 0.287 e. The average Bonchev–Trinajstić information content (AvgIpc) is 3.24. The van der Waals surface area contributed by atoms with Gasteiger partial charge in [0.15, 0.2) is 11.5 Å². The number of hydrogen-bond acceptors (Lipinski definition) is 4. The highest BCUT2D eigenvalue weighted by Gasteiger charge is 2.39. The van der Waals surface area contributed by atoms with Crippen LogP contribution in [0, 0.1) is 5.82 Å². The number of nitrogens with zero attached hydrogens (tertiary/aromatic N) is 1. The molecule has 114 valence electrons. The van der Waals surface area contributed by atoms with E-state index in [9.17, 15) is 9.18 Å². The first-order valence-electron chi connectivity index (χ1n) is 7.48. The molecule has 2 N–H and O–H groups in total. The summed E-state index contributed by atoms with van der Waals surface area (Å²) in [4.78, 5) is 16.2. The van der Waals surface area contributed by atoms with Gasteiger partial charge in [0.1, 0.15) is 11.5 Å². The van der Waals surface area contributed by atoms with E-state index in [2.05, 4.69) is 15.6 Å². The molecule has 22 heavy (non-hydrogen) atoms. The minimum Gasteiger partial charge on any atom is -0.449 e. The monoisotopic (exact) mass is 301 g/mol. The van der Waals surface area contributed by atoms with E-state index in [1.165, 1.54) is 18.6 Å². The summed E-state index contributed by atoms with van der Waals surface area (Å²) in [7, 11) is 0. The maximum Gasteiger partial charge on any atom is 0.287 e. The third-order valence-corrected chi connectivity index (χ3v) is 4.43. The summed E-state index contributed by atoms with van der Waals surface area (Å²) >= 11 is 0. The molecule has 4 heterocycles. The highest BCUT2D eigenvalue weighted by molar-refractivity contribution is 5.92. The molecule has 0 aromatic carbocycles. The number of fused-ring (bicyclic) bond motifs is 2. The number of carbonyl (C=O) groups excluding carboxylic acids is 1. The van der Waals surface area contributed by atoms with E-state index in [1.807, 2.05) is 0 Å². The lowest BCUT2D eigenvalue weighted by molar-refractivity contribution is 0.0903. The molecule has 2 aliphatic rings. The standard InChI is InChI=1S/C16H16FN3O2/c17-9-1-3-12(18-8-9)14-5-6-15(22-14)16(21)20-13-7-10-2-4-11(13)19-10/h1,3,5-6,8,10-11,13,19H,2,4,7H2,(H,20,21)/t10-,11+,13-/m1/s1. The summed E-state index contributed by atoms with van der Waals surface area (Å²) in [6, 6.07) is 7.21. The zero-order valence-electron chi connectivity index (χ0n) is 11.9. The summed E-state index contributed by atoms with van der Waals surface area (Å²) in [5.41, 5.74) is 0.502. The van der Waals surface area contributed by atoms with Gasteiger partial charge in [-0.05, 0) is 43.5 Å². The number of hydrogen-bond donors (Lipinski definition) is 2. The van der Waals surface area contributed by atoms with Crippen molar-refractivity contribution in [1.29, 1.82) is 0 Å². The van der Waals surface area contributed by atoms with Crippen molar-refractivity contribution in [2.24, 2.45) is 0 Å². The molecule has 0 unspecified atom stereocenters. The first kappa shape index (κ1) is 13.5. The Bertz CT molecular complexity index is 698. The highest BCUT2D eigenvalue weighted by Crippen LogP contribution is 2.28. The normalized spacial score (nSPS) is 26.3. The summed E-state index contributed by atoms with van der Waals surface area (Å²) in [6.07, 6.45) is 4.40. The van der Waals surface area contributed by atoms with Crippen LogP contribution in [-0.4, -0.2) is 29.0 Å². The molecule has 2 aliphatic heterocycles. The fourth-order valence-corrected chi connectivity index (χ4v) is 3.34. The second kappa shape index (κ2) is 5.21. The van der Waals surface area contributed by atoms with Gasteiger partial charge in [-0.1, -0.05) is 0 Å². The molecule has 5 nitrogen and oxygen atoms in total. The molecule has 1 amide bonds. The van der Waals surface area contributed by atoms with Crippen LogP contribution >= 0.6 is 0 Å². The molecule has 0 radical (unpaired) electrons. The Labute approximate surface area is 126 Å². The predicted octanol–water partition coefficient (Wildman–Crippen LogP) is 2.10. The fourth-order valence-electron chi connectivity index (χ4n) is 3.34. The molecule has 2 aromatic rings. The van der Waals surface area contributed by atoms with Crippen molar-refractivity contribution in [1.82, 2.24) is 15.6 Å². The fraction of sp³-hybridized carbons (Fsp3) is 0.375. The molecule has 2 bridgehead atoms. The Hall–Kier alpha value is -2.21. The van der Waals surface area contributed by atoms with E-state index < -0.39 is 5.82 Å². The van der Waals surface area contributed by atoms with Crippen molar-refractivity contribution in [2.45, 2.75) is 37.4 Å². The molecule has 0 aliphatic carbocycles. The van der Waals surface area contributed by atoms with Crippen molar-refractivity contribution in [3.63, 3.8) is 0 Å². The van der Waals surface area contributed by atoms with E-state index in [-0.39, 0.29) is 17.7 Å². The molecule has 2 aromatic heterocycles. The Morgan fingerprint density at radius 3 is 2.91 bits per heavy atom. The summed E-state index contributed by atoms with van der Waals surface area (Å²) in [6.45, 7) is 0. The number of halogens is 1. The number of furan rings is 1. The van der Waals surface area contributed by atoms with Gasteiger partial charge in [-0.15, -0.1) is 0 Å². The number of aromatic nitrogens is 1. The Morgan fingerprint density at radius 1 is 1.32 bits per heavy atom. The minimum absolute atomic E-state index is 0.170. The molecular weight excluding hydrogens is 285 g/mol. The van der Waals surface area contributed by atoms with Crippen LogP contribution in [0.4, 0.5) is 4.39 Å². The van der Waals surface area contributed by atoms with Crippen LogP contribution in [0.25, 0.3) is 11.5 Å². The summed E-state index contributed by atoms with van der Waals surface area (Å²) < 4.78 is 18.4. The van der Waals surface area contributed by atoms with Gasteiger partial charge in [0.25, 0.3) is 5.91 Å². The highest BCUT2D eigenvalue weighted by atomic mass is 19.1. The predicted molar refractivity (Wildman–Crippen MR) is 77.7 cm³/mol. The van der Waals surface area contributed by atoms with Gasteiger partial charge in [0.05, 0.1) is 6.20 Å². The number of amides is 1. The van der Waals surface area contributed by atoms with Crippen LogP contribution in [0.5, 0.6) is 0 Å². The van der Waals surface area contributed by atoms with Gasteiger partial charge in [0.2, 0.25) is 0 Å². The Kier molecular flexibility index (Phi) is 3.18. The maximum atomic E-state index is 12.9. The third-order valence-electron chi connectivity index (χ3n) is 4.43. The minimum atomic E-state index is -0.406. The van der Waals surface area contributed by atoms with Gasteiger partial charge < -0.3 is 15.1 Å². The van der Waals surface area contributed by atoms with Crippen LogP contribution in [0.3, 0.4) is 0 Å². The third kappa shape index (κ3) is 2.39. The van der Waals surface area contributed by atoms with Crippen molar-refractivity contribution >= 4 is 5.91 Å². The maximum absolute atomic E-state index is 12.9. The van der Waals surface area contributed by atoms with Gasteiger partial charge in [0, 0.05) is 18.1 Å². The second-order valence-electron chi connectivity index (χ2n) is 5.89. The largest absolute Gasteiger partial charge is 0.449 e. The zero-order chi connectivity index (χ0) is 15.1. The van der Waals surface area contributed by atoms with Gasteiger partial charge >= 0.3 is 0 Å². The Morgan fingerprint density at radius 2 is 2.23 bits per heavy atom. The van der Waals surface area contributed by atoms with Gasteiger partial charge in [-0.3, -0.25) is 4.79 Å². The van der Waals surface area contributed by atoms with Crippen LogP contribution in [0.2, 0.25) is 0 Å². The summed E-state index contributed by atoms with van der Waals surface area (Å²) in [5, 5.41) is 6.51. The lowest BCUT2D eigenvalue weighted by Gasteiger charge is -2.20. The van der Waals surface area contributed by atoms with Crippen molar-refractivity contribution in [2.75, 3.05) is 0 Å². The van der Waals surface area contributed by atoms with Gasteiger partial charge in [-0.25, -0.2) is 9.37 Å². The van der Waals surface area contributed by atoms with E-state index in [4.69, 9.17) is 4.42 Å². The van der Waals surface area contributed by atoms with Crippen LogP contribution in [0.15, 0.2) is 34.9 Å². The molecular formula is C16H16FN3O2. The Balaban J connectivity index is 1.46. The van der Waals surface area contributed by atoms with Crippen molar-refractivity contribution in [3.05, 3.63) is 42.0 Å². The van der Waals surface area contributed by atoms with Crippen molar-refractivity contribution in [3.8, 4) is 11.5 Å². The number of pyridine rings is 1. The quantitative estimate of drug-likeness (QED) is 0.911. The lowest BCUT2D eigenvalue weighted by atomic mass is 9.95. The summed E-state index contributed by atoms with van der Waals surface area (Å²) in [5.74, 6) is 0.0879. The molecule has 4 rings (SSSR count). The van der Waals surface area contributed by atoms with Crippen molar-refractivity contribution < 1.29 is 13.6 Å². The molecule has 2 fully saturated rings. The van der Waals surface area contributed by atoms with E-state index in [0.717, 1.165) is 19.0 Å². The first-order chi connectivity index (χ1) is 10.7. The average molecular weight is 301 g/mol. The molecule has 6 heteroatoms. The topological polar surface area (TPSA) is 67.2 Å². The van der Waals surface area contributed by atoms with Gasteiger partial charge in [-0.2, -0.15) is 0 Å². The number of nitrogens with one attached hydrogen (secondary N) is 2. The van der Waals surface area contributed by atoms with E-state index >= 15 is 0 Å². The molecule has 3 atom stereocenters. The number of carbonyl (C=O) groups is 1. The van der Waals surface area contributed by atoms with Crippen LogP contribution in [0.1, 0.15) is 29.8 Å². The second-order valence-corrected chi connectivity index (χ2v) is 5.89. The number of rotatable bonds is 3. The molecule has 2 saturated heterocycles. The molecule has 0 spiro atoms. The molecule has 0 saturated carbocycles. The first-order valence-corrected chi connectivity index (χ1v) is 7.48. The van der Waals surface area contributed by atoms with E-state index in [1.54, 1.807) is 12.1 Å². The lowest BCUT2D eigenvalue weighted by Crippen LogP contribution is -2.42. The SMILES string of the molecule is O=C(N[C@@H]1C[C@H]2CC[C@@H]1N2)c1ccc(-c2ccc(F)cn2)o1.